The monoisotopic (exact) mass is 241 g/mol. The zero-order chi connectivity index (χ0) is 12.5. The number of benzene rings is 1. The van der Waals surface area contributed by atoms with Gasteiger partial charge in [-0.15, -0.1) is 0 Å². The summed E-state index contributed by atoms with van der Waals surface area (Å²) in [6.07, 6.45) is 6.80. The van der Waals surface area contributed by atoms with Gasteiger partial charge in [-0.2, -0.15) is 0 Å². The Bertz CT molecular complexity index is 556. The van der Waals surface area contributed by atoms with Crippen molar-refractivity contribution in [1.82, 2.24) is 0 Å². The van der Waals surface area contributed by atoms with Crippen molar-refractivity contribution in [2.24, 2.45) is 5.73 Å². The molecule has 94 valence electrons. The molecule has 1 aromatic carbocycles. The average molecular weight is 241 g/mol. The minimum atomic E-state index is -0.0744. The maximum absolute atomic E-state index is 6.30. The molecule has 1 heterocycles. The van der Waals surface area contributed by atoms with Gasteiger partial charge < -0.3 is 10.2 Å². The molecule has 1 unspecified atom stereocenters. The highest BCUT2D eigenvalue weighted by atomic mass is 16.3. The van der Waals surface area contributed by atoms with Crippen molar-refractivity contribution >= 4 is 0 Å². The van der Waals surface area contributed by atoms with E-state index >= 15 is 0 Å². The lowest BCUT2D eigenvalue weighted by atomic mass is 9.88. The summed E-state index contributed by atoms with van der Waals surface area (Å²) in [6, 6.07) is 8.63. The Kier molecular flexibility index (Phi) is 2.96. The molecule has 0 aliphatic heterocycles. The lowest BCUT2D eigenvalue weighted by Crippen LogP contribution is -2.12. The van der Waals surface area contributed by atoms with Gasteiger partial charge in [0.2, 0.25) is 0 Å². The second kappa shape index (κ2) is 4.62. The van der Waals surface area contributed by atoms with Gasteiger partial charge in [0, 0.05) is 5.56 Å². The lowest BCUT2D eigenvalue weighted by Gasteiger charge is -2.18. The fourth-order valence-corrected chi connectivity index (χ4v) is 2.77. The molecule has 0 fully saturated rings. The maximum Gasteiger partial charge on any atom is 0.101 e. The van der Waals surface area contributed by atoms with Gasteiger partial charge in [-0.1, -0.05) is 18.2 Å². The molecule has 1 atom stereocenters. The Labute approximate surface area is 108 Å². The predicted molar refractivity (Wildman–Crippen MR) is 72.6 cm³/mol. The molecule has 2 aromatic rings. The van der Waals surface area contributed by atoms with Gasteiger partial charge in [-0.3, -0.25) is 0 Å². The summed E-state index contributed by atoms with van der Waals surface area (Å²) in [6.45, 7) is 1.95. The van der Waals surface area contributed by atoms with Crippen LogP contribution in [0, 0.1) is 6.92 Å². The number of rotatable bonds is 2. The predicted octanol–water partition coefficient (Wildman–Crippen LogP) is 3.51. The van der Waals surface area contributed by atoms with E-state index in [2.05, 4.69) is 18.2 Å². The van der Waals surface area contributed by atoms with Crippen LogP contribution in [-0.2, 0) is 12.8 Å². The summed E-state index contributed by atoms with van der Waals surface area (Å²) in [4.78, 5) is 0. The number of furan rings is 1. The van der Waals surface area contributed by atoms with Crippen LogP contribution in [0.2, 0.25) is 0 Å². The highest BCUT2D eigenvalue weighted by Gasteiger charge is 2.15. The molecule has 2 heteroatoms. The van der Waals surface area contributed by atoms with E-state index in [1.165, 1.54) is 42.4 Å². The van der Waals surface area contributed by atoms with E-state index in [9.17, 15) is 0 Å². The van der Waals surface area contributed by atoms with E-state index in [1.54, 1.807) is 6.26 Å². The van der Waals surface area contributed by atoms with Crippen LogP contribution in [0.15, 0.2) is 34.9 Å². The first-order valence-electron chi connectivity index (χ1n) is 6.66. The third-order valence-electron chi connectivity index (χ3n) is 3.84. The van der Waals surface area contributed by atoms with Gasteiger partial charge in [0.15, 0.2) is 0 Å². The number of hydrogen-bond donors (Lipinski definition) is 1. The average Bonchev–Trinajstić information content (AvgIpc) is 2.84. The van der Waals surface area contributed by atoms with Crippen molar-refractivity contribution in [1.29, 1.82) is 0 Å². The molecule has 0 saturated heterocycles. The first kappa shape index (κ1) is 11.5. The first-order valence-corrected chi connectivity index (χ1v) is 6.66. The van der Waals surface area contributed by atoms with Crippen LogP contribution in [0.1, 0.15) is 46.9 Å². The molecule has 3 rings (SSSR count). The third-order valence-corrected chi connectivity index (χ3v) is 3.84. The molecule has 2 nitrogen and oxygen atoms in total. The molecule has 2 N–H and O–H groups in total. The van der Waals surface area contributed by atoms with Gasteiger partial charge >= 0.3 is 0 Å². The van der Waals surface area contributed by atoms with E-state index in [4.69, 9.17) is 10.2 Å². The Hall–Kier alpha value is -1.54. The molecule has 0 saturated carbocycles. The van der Waals surface area contributed by atoms with Crippen LogP contribution < -0.4 is 5.73 Å². The quantitative estimate of drug-likeness (QED) is 0.873. The van der Waals surface area contributed by atoms with E-state index in [1.807, 2.05) is 13.0 Å². The largest absolute Gasteiger partial charge is 0.469 e. The zero-order valence-electron chi connectivity index (χ0n) is 10.8. The number of nitrogens with two attached hydrogens (primary N) is 1. The Morgan fingerprint density at radius 2 is 1.83 bits per heavy atom. The van der Waals surface area contributed by atoms with Gasteiger partial charge in [0.25, 0.3) is 0 Å². The van der Waals surface area contributed by atoms with Crippen molar-refractivity contribution in [2.45, 2.75) is 38.6 Å². The van der Waals surface area contributed by atoms with Gasteiger partial charge in [-0.05, 0) is 55.4 Å². The van der Waals surface area contributed by atoms with Crippen LogP contribution in [0.3, 0.4) is 0 Å². The highest BCUT2D eigenvalue weighted by Crippen LogP contribution is 2.27. The van der Waals surface area contributed by atoms with Crippen molar-refractivity contribution in [2.75, 3.05) is 0 Å². The minimum absolute atomic E-state index is 0.0744. The maximum atomic E-state index is 6.30. The molecule has 0 amide bonds. The second-order valence-electron chi connectivity index (χ2n) is 5.20. The van der Waals surface area contributed by atoms with Crippen LogP contribution >= 0.6 is 0 Å². The van der Waals surface area contributed by atoms with Crippen LogP contribution in [0.4, 0.5) is 0 Å². The molecule has 1 aliphatic rings. The summed E-state index contributed by atoms with van der Waals surface area (Å²) in [5.41, 5.74) is 11.5. The van der Waals surface area contributed by atoms with Gasteiger partial charge in [0.05, 0.1) is 12.3 Å². The fourth-order valence-electron chi connectivity index (χ4n) is 2.77. The molecular weight excluding hydrogens is 222 g/mol. The Balaban J connectivity index is 1.92. The molecule has 1 aromatic heterocycles. The van der Waals surface area contributed by atoms with Crippen molar-refractivity contribution in [3.8, 4) is 0 Å². The standard InChI is InChI=1S/C16H19NO/c1-11-8-15(10-18-11)16(17)14-7-6-12-4-2-3-5-13(12)9-14/h6-10,16H,2-5,17H2,1H3. The van der Waals surface area contributed by atoms with E-state index in [0.717, 1.165) is 11.3 Å². The van der Waals surface area contributed by atoms with E-state index in [-0.39, 0.29) is 6.04 Å². The summed E-state index contributed by atoms with van der Waals surface area (Å²) in [5, 5.41) is 0. The number of fused-ring (bicyclic) bond motifs is 1. The van der Waals surface area contributed by atoms with E-state index < -0.39 is 0 Å². The number of hydrogen-bond acceptors (Lipinski definition) is 2. The highest BCUT2D eigenvalue weighted by molar-refractivity contribution is 5.38. The third kappa shape index (κ3) is 2.08. The molecule has 18 heavy (non-hydrogen) atoms. The molecule has 0 radical (unpaired) electrons. The van der Waals surface area contributed by atoms with Gasteiger partial charge in [0.1, 0.15) is 5.76 Å². The summed E-state index contributed by atoms with van der Waals surface area (Å²) >= 11 is 0. The first-order chi connectivity index (χ1) is 8.74. The minimum Gasteiger partial charge on any atom is -0.469 e. The molecule has 0 spiro atoms. The second-order valence-corrected chi connectivity index (χ2v) is 5.20. The topological polar surface area (TPSA) is 39.2 Å². The summed E-state index contributed by atoms with van der Waals surface area (Å²) in [7, 11) is 0. The summed E-state index contributed by atoms with van der Waals surface area (Å²) in [5.74, 6) is 0.915. The Morgan fingerprint density at radius 3 is 2.56 bits per heavy atom. The SMILES string of the molecule is Cc1cc(C(N)c2ccc3c(c2)CCCC3)co1. The smallest absolute Gasteiger partial charge is 0.101 e. The van der Waals surface area contributed by atoms with Crippen LogP contribution in [-0.4, -0.2) is 0 Å². The van der Waals surface area contributed by atoms with Crippen molar-refractivity contribution < 1.29 is 4.42 Å². The number of aryl methyl sites for hydroxylation is 3. The normalized spacial score (nSPS) is 16.3. The van der Waals surface area contributed by atoms with Crippen molar-refractivity contribution in [3.63, 3.8) is 0 Å². The van der Waals surface area contributed by atoms with Gasteiger partial charge in [-0.25, -0.2) is 0 Å². The molecular formula is C16H19NO. The van der Waals surface area contributed by atoms with Crippen LogP contribution in [0.25, 0.3) is 0 Å². The van der Waals surface area contributed by atoms with E-state index in [0.29, 0.717) is 0 Å². The van der Waals surface area contributed by atoms with Crippen LogP contribution in [0.5, 0.6) is 0 Å². The molecule has 0 bridgehead atoms. The lowest BCUT2D eigenvalue weighted by molar-refractivity contribution is 0.530. The fraction of sp³-hybridized carbons (Fsp3) is 0.375. The molecule has 1 aliphatic carbocycles. The zero-order valence-corrected chi connectivity index (χ0v) is 10.8. The summed E-state index contributed by atoms with van der Waals surface area (Å²) < 4.78 is 5.34. The Morgan fingerprint density at radius 1 is 1.06 bits per heavy atom. The van der Waals surface area contributed by atoms with Crippen molar-refractivity contribution in [3.05, 3.63) is 58.5 Å².